The molecule has 2 aliphatic rings. The highest BCUT2D eigenvalue weighted by atomic mass is 32.1. The number of aromatic amines is 1. The standard InChI is InChI=1S/C18H28N6S/c1-4-8-24-9-5-14-15(20-12-19-14)18(24)6-10-23(11-7-18)17-22-21-16(25-17)13(2)3/h12-13H,4-11H2,1-3H3,(H,19,20). The van der Waals surface area contributed by atoms with E-state index in [0.717, 1.165) is 55.6 Å². The molecule has 0 bridgehead atoms. The lowest BCUT2D eigenvalue weighted by Crippen LogP contribution is -2.56. The normalized spacial score (nSPS) is 20.4. The summed E-state index contributed by atoms with van der Waals surface area (Å²) >= 11 is 1.75. The fraction of sp³-hybridized carbons (Fsp3) is 0.722. The second kappa shape index (κ2) is 6.68. The number of imidazole rings is 1. The number of anilines is 1. The maximum atomic E-state index is 4.75. The second-order valence-corrected chi connectivity index (χ2v) is 8.55. The van der Waals surface area contributed by atoms with Gasteiger partial charge in [0.2, 0.25) is 5.13 Å². The molecule has 1 N–H and O–H groups in total. The fourth-order valence-corrected chi connectivity index (χ4v) is 5.23. The maximum absolute atomic E-state index is 4.75. The first-order chi connectivity index (χ1) is 12.1. The molecule has 25 heavy (non-hydrogen) atoms. The highest BCUT2D eigenvalue weighted by molar-refractivity contribution is 7.15. The van der Waals surface area contributed by atoms with Gasteiger partial charge in [0.1, 0.15) is 5.01 Å². The topological polar surface area (TPSA) is 60.9 Å². The van der Waals surface area contributed by atoms with Gasteiger partial charge in [0.05, 0.1) is 17.6 Å². The van der Waals surface area contributed by atoms with Crippen LogP contribution in [0, 0.1) is 0 Å². The number of piperidine rings is 1. The van der Waals surface area contributed by atoms with Gasteiger partial charge < -0.3 is 9.88 Å². The Bertz CT molecular complexity index is 713. The molecule has 0 amide bonds. The van der Waals surface area contributed by atoms with Crippen molar-refractivity contribution in [2.75, 3.05) is 31.1 Å². The van der Waals surface area contributed by atoms with Crippen LogP contribution in [0.25, 0.3) is 0 Å². The smallest absolute Gasteiger partial charge is 0.208 e. The Morgan fingerprint density at radius 2 is 2.04 bits per heavy atom. The monoisotopic (exact) mass is 360 g/mol. The largest absolute Gasteiger partial charge is 0.348 e. The van der Waals surface area contributed by atoms with Crippen LogP contribution in [0.15, 0.2) is 6.33 Å². The van der Waals surface area contributed by atoms with E-state index >= 15 is 0 Å². The number of hydrogen-bond acceptors (Lipinski definition) is 6. The Morgan fingerprint density at radius 1 is 1.24 bits per heavy atom. The molecule has 2 aliphatic heterocycles. The molecule has 0 unspecified atom stereocenters. The summed E-state index contributed by atoms with van der Waals surface area (Å²) in [6.45, 7) is 11.0. The molecule has 0 radical (unpaired) electrons. The lowest BCUT2D eigenvalue weighted by atomic mass is 9.78. The van der Waals surface area contributed by atoms with Crippen molar-refractivity contribution in [3.05, 3.63) is 22.7 Å². The summed E-state index contributed by atoms with van der Waals surface area (Å²) in [5.41, 5.74) is 2.75. The lowest BCUT2D eigenvalue weighted by molar-refractivity contribution is 0.0445. The third-order valence-corrected chi connectivity index (χ3v) is 6.96. The molecule has 6 nitrogen and oxygen atoms in total. The molecule has 0 aliphatic carbocycles. The molecule has 7 heteroatoms. The van der Waals surface area contributed by atoms with E-state index in [0.29, 0.717) is 5.92 Å². The van der Waals surface area contributed by atoms with Crippen LogP contribution < -0.4 is 4.90 Å². The van der Waals surface area contributed by atoms with E-state index in [2.05, 4.69) is 45.8 Å². The summed E-state index contributed by atoms with van der Waals surface area (Å²) < 4.78 is 0. The molecule has 4 heterocycles. The average Bonchev–Trinajstić information content (AvgIpc) is 3.28. The average molecular weight is 361 g/mol. The Balaban J connectivity index is 1.56. The van der Waals surface area contributed by atoms with Crippen LogP contribution in [0.5, 0.6) is 0 Å². The minimum Gasteiger partial charge on any atom is -0.348 e. The summed E-state index contributed by atoms with van der Waals surface area (Å²) in [6, 6.07) is 0. The van der Waals surface area contributed by atoms with Crippen LogP contribution in [0.4, 0.5) is 5.13 Å². The quantitative estimate of drug-likeness (QED) is 0.907. The molecule has 0 aromatic carbocycles. The van der Waals surface area contributed by atoms with Crippen molar-refractivity contribution in [2.24, 2.45) is 0 Å². The van der Waals surface area contributed by atoms with Crippen LogP contribution >= 0.6 is 11.3 Å². The molecule has 0 atom stereocenters. The predicted molar refractivity (Wildman–Crippen MR) is 101 cm³/mol. The fourth-order valence-electron chi connectivity index (χ4n) is 4.33. The SMILES string of the molecule is CCCN1CCc2[nH]cnc2C12CCN(c1nnc(C(C)C)s1)CC2. The van der Waals surface area contributed by atoms with Gasteiger partial charge in [-0.05, 0) is 25.8 Å². The van der Waals surface area contributed by atoms with Gasteiger partial charge in [0.25, 0.3) is 0 Å². The second-order valence-electron chi connectivity index (χ2n) is 7.56. The summed E-state index contributed by atoms with van der Waals surface area (Å²) in [4.78, 5) is 13.2. The van der Waals surface area contributed by atoms with Gasteiger partial charge in [-0.1, -0.05) is 32.1 Å². The van der Waals surface area contributed by atoms with Gasteiger partial charge in [-0.2, -0.15) is 0 Å². The van der Waals surface area contributed by atoms with Crippen molar-refractivity contribution in [3.63, 3.8) is 0 Å². The van der Waals surface area contributed by atoms with Crippen LogP contribution in [0.1, 0.15) is 62.3 Å². The molecule has 4 rings (SSSR count). The number of nitrogens with zero attached hydrogens (tertiary/aromatic N) is 5. The number of rotatable bonds is 4. The van der Waals surface area contributed by atoms with Gasteiger partial charge in [-0.25, -0.2) is 4.98 Å². The minimum atomic E-state index is 0.103. The summed E-state index contributed by atoms with van der Waals surface area (Å²) in [6.07, 6.45) is 6.39. The van der Waals surface area contributed by atoms with Crippen molar-refractivity contribution >= 4 is 16.5 Å². The molecule has 2 aromatic rings. The molecule has 136 valence electrons. The molecule has 1 saturated heterocycles. The molecule has 2 aromatic heterocycles. The Labute approximate surface area is 153 Å². The first kappa shape index (κ1) is 17.0. The van der Waals surface area contributed by atoms with Crippen LogP contribution in [-0.2, 0) is 12.0 Å². The van der Waals surface area contributed by atoms with Crippen LogP contribution in [0.3, 0.4) is 0 Å². The molecule has 1 spiro atoms. The van der Waals surface area contributed by atoms with E-state index < -0.39 is 0 Å². The Kier molecular flexibility index (Phi) is 4.54. The zero-order valence-corrected chi connectivity index (χ0v) is 16.3. The first-order valence-corrected chi connectivity index (χ1v) is 10.3. The van der Waals surface area contributed by atoms with Crippen LogP contribution in [0.2, 0.25) is 0 Å². The molecule has 1 fully saturated rings. The number of aromatic nitrogens is 4. The van der Waals surface area contributed by atoms with E-state index in [1.165, 1.54) is 17.8 Å². The predicted octanol–water partition coefficient (Wildman–Crippen LogP) is 3.15. The summed E-state index contributed by atoms with van der Waals surface area (Å²) in [7, 11) is 0. The third kappa shape index (κ3) is 2.87. The first-order valence-electron chi connectivity index (χ1n) is 9.50. The zero-order valence-electron chi connectivity index (χ0n) is 15.5. The highest BCUT2D eigenvalue weighted by Crippen LogP contribution is 2.43. The number of hydrogen-bond donors (Lipinski definition) is 1. The van der Waals surface area contributed by atoms with Gasteiger partial charge in [0.15, 0.2) is 0 Å². The van der Waals surface area contributed by atoms with E-state index in [-0.39, 0.29) is 5.54 Å². The van der Waals surface area contributed by atoms with E-state index in [1.807, 2.05) is 6.33 Å². The van der Waals surface area contributed by atoms with Crippen molar-refractivity contribution in [3.8, 4) is 0 Å². The van der Waals surface area contributed by atoms with Crippen molar-refractivity contribution < 1.29 is 0 Å². The number of nitrogens with one attached hydrogen (secondary N) is 1. The zero-order chi connectivity index (χ0) is 17.4. The summed E-state index contributed by atoms with van der Waals surface area (Å²) in [5.74, 6) is 0.451. The third-order valence-electron chi connectivity index (χ3n) is 5.67. The van der Waals surface area contributed by atoms with Crippen molar-refractivity contribution in [2.45, 2.75) is 57.9 Å². The lowest BCUT2D eigenvalue weighted by Gasteiger charge is -2.50. The van der Waals surface area contributed by atoms with Crippen molar-refractivity contribution in [1.29, 1.82) is 0 Å². The highest BCUT2D eigenvalue weighted by Gasteiger charge is 2.46. The van der Waals surface area contributed by atoms with Gasteiger partial charge in [-0.3, -0.25) is 4.90 Å². The Hall–Kier alpha value is -1.47. The van der Waals surface area contributed by atoms with E-state index in [1.54, 1.807) is 11.3 Å². The number of fused-ring (bicyclic) bond motifs is 2. The van der Waals surface area contributed by atoms with Gasteiger partial charge in [0, 0.05) is 37.7 Å². The molecular weight excluding hydrogens is 332 g/mol. The van der Waals surface area contributed by atoms with Crippen LogP contribution in [-0.4, -0.2) is 51.2 Å². The van der Waals surface area contributed by atoms with E-state index in [9.17, 15) is 0 Å². The van der Waals surface area contributed by atoms with Crippen molar-refractivity contribution in [1.82, 2.24) is 25.1 Å². The minimum absolute atomic E-state index is 0.103. The van der Waals surface area contributed by atoms with Gasteiger partial charge in [-0.15, -0.1) is 10.2 Å². The maximum Gasteiger partial charge on any atom is 0.208 e. The summed E-state index contributed by atoms with van der Waals surface area (Å²) in [5, 5.41) is 11.0. The number of H-pyrrole nitrogens is 1. The molecular formula is C18H28N6S. The van der Waals surface area contributed by atoms with E-state index in [4.69, 9.17) is 4.98 Å². The Morgan fingerprint density at radius 3 is 2.72 bits per heavy atom. The van der Waals surface area contributed by atoms with Gasteiger partial charge >= 0.3 is 0 Å². The molecule has 0 saturated carbocycles.